The number of anilines is 1. The normalized spacial score (nSPS) is 10.8. The summed E-state index contributed by atoms with van der Waals surface area (Å²) in [6, 6.07) is 23.1. The van der Waals surface area contributed by atoms with Crippen LogP contribution in [0.1, 0.15) is 18.4 Å². The van der Waals surface area contributed by atoms with Crippen molar-refractivity contribution < 1.29 is 0 Å². The van der Waals surface area contributed by atoms with Crippen molar-refractivity contribution in [2.45, 2.75) is 19.3 Å². The van der Waals surface area contributed by atoms with E-state index in [1.54, 1.807) is 0 Å². The first kappa shape index (κ1) is 14.9. The Kier molecular flexibility index (Phi) is 4.97. The first-order valence-electron chi connectivity index (χ1n) is 7.79. The van der Waals surface area contributed by atoms with Gasteiger partial charge in [-0.1, -0.05) is 60.1 Å². The van der Waals surface area contributed by atoms with Crippen LogP contribution in [0.15, 0.2) is 66.7 Å². The lowest BCUT2D eigenvalue weighted by Gasteiger charge is -2.08. The van der Waals surface area contributed by atoms with Crippen LogP contribution in [-0.2, 0) is 6.42 Å². The van der Waals surface area contributed by atoms with Gasteiger partial charge in [0.1, 0.15) is 0 Å². The van der Waals surface area contributed by atoms with Gasteiger partial charge in [0.25, 0.3) is 0 Å². The molecule has 112 valence electrons. The molecule has 0 bridgehead atoms. The van der Waals surface area contributed by atoms with E-state index >= 15 is 0 Å². The van der Waals surface area contributed by atoms with Gasteiger partial charge in [0, 0.05) is 17.3 Å². The smallest absolute Gasteiger partial charge is 0.0426 e. The number of hydrogen-bond acceptors (Lipinski definition) is 1. The summed E-state index contributed by atoms with van der Waals surface area (Å²) in [5.41, 5.74) is 2.54. The van der Waals surface area contributed by atoms with Crippen molar-refractivity contribution >= 4 is 28.1 Å². The van der Waals surface area contributed by atoms with Crippen molar-refractivity contribution in [2.24, 2.45) is 0 Å². The monoisotopic (exact) mass is 309 g/mol. The Balaban J connectivity index is 1.50. The van der Waals surface area contributed by atoms with Crippen molar-refractivity contribution in [1.82, 2.24) is 0 Å². The van der Waals surface area contributed by atoms with Crippen molar-refractivity contribution in [3.05, 3.63) is 77.3 Å². The second kappa shape index (κ2) is 7.33. The lowest BCUT2D eigenvalue weighted by molar-refractivity contribution is 0.766. The summed E-state index contributed by atoms with van der Waals surface area (Å²) < 4.78 is 0. The summed E-state index contributed by atoms with van der Waals surface area (Å²) in [5.74, 6) is 0. The van der Waals surface area contributed by atoms with E-state index in [0.717, 1.165) is 30.1 Å². The molecule has 0 saturated heterocycles. The van der Waals surface area contributed by atoms with Crippen molar-refractivity contribution in [3.63, 3.8) is 0 Å². The molecule has 0 fully saturated rings. The quantitative estimate of drug-likeness (QED) is 0.557. The number of rotatable bonds is 6. The number of halogens is 1. The number of aryl methyl sites for hydroxylation is 1. The Morgan fingerprint density at radius 3 is 2.55 bits per heavy atom. The average molecular weight is 310 g/mol. The van der Waals surface area contributed by atoms with Gasteiger partial charge in [-0.15, -0.1) is 0 Å². The molecule has 0 aliphatic carbocycles. The van der Waals surface area contributed by atoms with Gasteiger partial charge < -0.3 is 5.32 Å². The molecule has 1 N–H and O–H groups in total. The predicted molar refractivity (Wildman–Crippen MR) is 96.8 cm³/mol. The van der Waals surface area contributed by atoms with Crippen LogP contribution in [-0.4, -0.2) is 6.54 Å². The second-order valence-corrected chi connectivity index (χ2v) is 5.97. The molecule has 2 heteroatoms. The third kappa shape index (κ3) is 3.80. The number of nitrogens with one attached hydrogen (secondary N) is 1. The minimum atomic E-state index is 0.778. The van der Waals surface area contributed by atoms with E-state index in [-0.39, 0.29) is 0 Å². The van der Waals surface area contributed by atoms with Gasteiger partial charge in [-0.25, -0.2) is 0 Å². The van der Waals surface area contributed by atoms with Crippen LogP contribution >= 0.6 is 11.6 Å². The molecule has 1 nitrogen and oxygen atoms in total. The molecule has 0 saturated carbocycles. The van der Waals surface area contributed by atoms with Crippen LogP contribution in [0.5, 0.6) is 0 Å². The molecule has 0 aliphatic rings. The van der Waals surface area contributed by atoms with Crippen LogP contribution in [0.3, 0.4) is 0 Å². The summed E-state index contributed by atoms with van der Waals surface area (Å²) in [5, 5.41) is 6.92. The Labute approximate surface area is 136 Å². The van der Waals surface area contributed by atoms with Gasteiger partial charge in [0.2, 0.25) is 0 Å². The maximum atomic E-state index is 5.98. The Morgan fingerprint density at radius 2 is 1.64 bits per heavy atom. The van der Waals surface area contributed by atoms with Crippen LogP contribution in [0.2, 0.25) is 5.02 Å². The molecule has 22 heavy (non-hydrogen) atoms. The average Bonchev–Trinajstić information content (AvgIpc) is 2.55. The zero-order valence-electron chi connectivity index (χ0n) is 12.6. The molecule has 0 heterocycles. The van der Waals surface area contributed by atoms with E-state index in [4.69, 9.17) is 11.6 Å². The fraction of sp³-hybridized carbons (Fsp3) is 0.200. The SMILES string of the molecule is Clc1cccc(NCCCCc2cccc3ccccc23)c1. The molecule has 0 spiro atoms. The number of benzene rings is 3. The Morgan fingerprint density at radius 1 is 0.818 bits per heavy atom. The first-order chi connectivity index (χ1) is 10.8. The molecule has 0 radical (unpaired) electrons. The third-order valence-electron chi connectivity index (χ3n) is 3.91. The standard InChI is InChI=1S/C20H20ClN/c21-18-11-6-12-19(15-18)22-14-4-3-8-17-10-5-9-16-7-1-2-13-20(16)17/h1-2,5-7,9-13,15,22H,3-4,8,14H2. The summed E-state index contributed by atoms with van der Waals surface area (Å²) in [4.78, 5) is 0. The van der Waals surface area contributed by atoms with Gasteiger partial charge >= 0.3 is 0 Å². The van der Waals surface area contributed by atoms with Crippen molar-refractivity contribution in [3.8, 4) is 0 Å². The van der Waals surface area contributed by atoms with Crippen molar-refractivity contribution in [1.29, 1.82) is 0 Å². The van der Waals surface area contributed by atoms with Crippen LogP contribution in [0, 0.1) is 0 Å². The Bertz CT molecular complexity index is 746. The fourth-order valence-corrected chi connectivity index (χ4v) is 2.97. The van der Waals surface area contributed by atoms with Gasteiger partial charge in [0.15, 0.2) is 0 Å². The molecular weight excluding hydrogens is 290 g/mol. The molecule has 0 aliphatic heterocycles. The molecule has 0 aromatic heterocycles. The summed E-state index contributed by atoms with van der Waals surface area (Å²) >= 11 is 5.98. The van der Waals surface area contributed by atoms with Crippen LogP contribution < -0.4 is 5.32 Å². The number of fused-ring (bicyclic) bond motifs is 1. The highest BCUT2D eigenvalue weighted by Gasteiger charge is 2.00. The number of hydrogen-bond donors (Lipinski definition) is 1. The third-order valence-corrected chi connectivity index (χ3v) is 4.14. The lowest BCUT2D eigenvalue weighted by Crippen LogP contribution is -2.02. The van der Waals surface area contributed by atoms with E-state index in [9.17, 15) is 0 Å². The van der Waals surface area contributed by atoms with Gasteiger partial charge in [-0.3, -0.25) is 0 Å². The molecule has 0 amide bonds. The van der Waals surface area contributed by atoms with Crippen LogP contribution in [0.25, 0.3) is 10.8 Å². The van der Waals surface area contributed by atoms with E-state index in [1.807, 2.05) is 18.2 Å². The topological polar surface area (TPSA) is 12.0 Å². The maximum absolute atomic E-state index is 5.98. The highest BCUT2D eigenvalue weighted by Crippen LogP contribution is 2.20. The minimum absolute atomic E-state index is 0.778. The van der Waals surface area contributed by atoms with E-state index in [0.29, 0.717) is 0 Å². The van der Waals surface area contributed by atoms with Gasteiger partial charge in [-0.05, 0) is 53.8 Å². The summed E-state index contributed by atoms with van der Waals surface area (Å²) in [6.45, 7) is 0.977. The predicted octanol–water partition coefficient (Wildman–Crippen LogP) is 5.93. The molecule has 3 rings (SSSR count). The van der Waals surface area contributed by atoms with E-state index in [2.05, 4.69) is 53.8 Å². The minimum Gasteiger partial charge on any atom is -0.385 e. The maximum Gasteiger partial charge on any atom is 0.0426 e. The van der Waals surface area contributed by atoms with E-state index in [1.165, 1.54) is 22.8 Å². The van der Waals surface area contributed by atoms with E-state index < -0.39 is 0 Å². The van der Waals surface area contributed by atoms with Gasteiger partial charge in [0.05, 0.1) is 0 Å². The van der Waals surface area contributed by atoms with Crippen molar-refractivity contribution in [2.75, 3.05) is 11.9 Å². The highest BCUT2D eigenvalue weighted by atomic mass is 35.5. The summed E-state index contributed by atoms with van der Waals surface area (Å²) in [7, 11) is 0. The molecule has 0 unspecified atom stereocenters. The largest absolute Gasteiger partial charge is 0.385 e. The molecule has 3 aromatic rings. The molecule has 0 atom stereocenters. The summed E-state index contributed by atoms with van der Waals surface area (Å²) in [6.07, 6.45) is 3.45. The highest BCUT2D eigenvalue weighted by molar-refractivity contribution is 6.30. The Hall–Kier alpha value is -1.99. The zero-order chi connectivity index (χ0) is 15.2. The molecule has 3 aromatic carbocycles. The van der Waals surface area contributed by atoms with Crippen LogP contribution in [0.4, 0.5) is 5.69 Å². The lowest BCUT2D eigenvalue weighted by atomic mass is 10.0. The van der Waals surface area contributed by atoms with Gasteiger partial charge in [-0.2, -0.15) is 0 Å². The number of unbranched alkanes of at least 4 members (excludes halogenated alkanes) is 1. The fourth-order valence-electron chi connectivity index (χ4n) is 2.78. The zero-order valence-corrected chi connectivity index (χ0v) is 13.3. The second-order valence-electron chi connectivity index (χ2n) is 5.53. The first-order valence-corrected chi connectivity index (χ1v) is 8.17. The molecular formula is C20H20ClN.